The Morgan fingerprint density at radius 2 is 1.84 bits per heavy atom. The molecule has 1 aromatic carbocycles. The van der Waals surface area contributed by atoms with Gasteiger partial charge in [-0.3, -0.25) is 0 Å². The van der Waals surface area contributed by atoms with Gasteiger partial charge < -0.3 is 10.6 Å². The van der Waals surface area contributed by atoms with Crippen molar-refractivity contribution in [1.29, 1.82) is 0 Å². The molecule has 2 N–H and O–H groups in total. The van der Waals surface area contributed by atoms with Crippen LogP contribution in [0.1, 0.15) is 20.3 Å². The zero-order chi connectivity index (χ0) is 13.7. The predicted octanol–water partition coefficient (Wildman–Crippen LogP) is 2.96. The monoisotopic (exact) mass is 256 g/mol. The van der Waals surface area contributed by atoms with Crippen LogP contribution in [-0.4, -0.2) is 23.1 Å². The van der Waals surface area contributed by atoms with Gasteiger partial charge in [0.15, 0.2) is 5.82 Å². The lowest BCUT2D eigenvalue weighted by molar-refractivity contribution is 0.777. The summed E-state index contributed by atoms with van der Waals surface area (Å²) >= 11 is 0. The average Bonchev–Trinajstić information content (AvgIpc) is 2.45. The highest BCUT2D eigenvalue weighted by Gasteiger charge is 2.09. The van der Waals surface area contributed by atoms with Crippen molar-refractivity contribution < 1.29 is 0 Å². The van der Waals surface area contributed by atoms with Gasteiger partial charge in [-0.25, -0.2) is 9.97 Å². The van der Waals surface area contributed by atoms with E-state index in [1.807, 2.05) is 36.4 Å². The van der Waals surface area contributed by atoms with Crippen molar-refractivity contribution in [2.45, 2.75) is 20.3 Å². The molecule has 0 atom stereocenters. The molecule has 4 heteroatoms. The number of rotatable bonds is 5. The van der Waals surface area contributed by atoms with Gasteiger partial charge in [-0.05, 0) is 13.3 Å². The molecule has 0 saturated heterocycles. The third-order valence-electron chi connectivity index (χ3n) is 2.96. The molecule has 0 amide bonds. The van der Waals surface area contributed by atoms with E-state index in [0.717, 1.165) is 30.9 Å². The number of nitrogens with zero attached hydrogens (tertiary/aromatic N) is 3. The molecule has 100 valence electrons. The second kappa shape index (κ2) is 6.18. The maximum Gasteiger partial charge on any atom is 0.163 e. The Morgan fingerprint density at radius 1 is 1.11 bits per heavy atom. The first-order chi connectivity index (χ1) is 9.24. The fourth-order valence-corrected chi connectivity index (χ4v) is 2.04. The summed E-state index contributed by atoms with van der Waals surface area (Å²) in [6, 6.07) is 11.8. The molecule has 0 fully saturated rings. The summed E-state index contributed by atoms with van der Waals surface area (Å²) in [5.41, 5.74) is 6.90. The number of anilines is 2. The fourth-order valence-electron chi connectivity index (χ4n) is 2.04. The minimum absolute atomic E-state index is 0.512. The Balaban J connectivity index is 2.39. The minimum Gasteiger partial charge on any atom is -0.384 e. The van der Waals surface area contributed by atoms with Crippen LogP contribution in [0.15, 0.2) is 36.4 Å². The van der Waals surface area contributed by atoms with Gasteiger partial charge in [0, 0.05) is 24.7 Å². The summed E-state index contributed by atoms with van der Waals surface area (Å²) in [4.78, 5) is 11.2. The number of nitrogens with two attached hydrogens (primary N) is 1. The van der Waals surface area contributed by atoms with Crippen LogP contribution in [0, 0.1) is 0 Å². The van der Waals surface area contributed by atoms with Gasteiger partial charge >= 0.3 is 0 Å². The van der Waals surface area contributed by atoms with Crippen molar-refractivity contribution in [2.75, 3.05) is 23.7 Å². The van der Waals surface area contributed by atoms with Crippen molar-refractivity contribution >= 4 is 11.6 Å². The SMILES string of the molecule is CCCN(CC)c1cc(N)nc(-c2ccccc2)n1. The topological polar surface area (TPSA) is 55.0 Å². The zero-order valence-corrected chi connectivity index (χ0v) is 11.5. The molecule has 2 rings (SSSR count). The molecule has 19 heavy (non-hydrogen) atoms. The van der Waals surface area contributed by atoms with Crippen molar-refractivity contribution in [1.82, 2.24) is 9.97 Å². The van der Waals surface area contributed by atoms with Crippen LogP contribution in [0.2, 0.25) is 0 Å². The maximum atomic E-state index is 5.91. The molecule has 1 heterocycles. The molecular formula is C15H20N4. The van der Waals surface area contributed by atoms with Crippen LogP contribution in [-0.2, 0) is 0 Å². The summed E-state index contributed by atoms with van der Waals surface area (Å²) in [6.45, 7) is 6.17. The van der Waals surface area contributed by atoms with Crippen molar-refractivity contribution in [2.24, 2.45) is 0 Å². The van der Waals surface area contributed by atoms with Gasteiger partial charge in [0.2, 0.25) is 0 Å². The smallest absolute Gasteiger partial charge is 0.163 e. The number of hydrogen-bond donors (Lipinski definition) is 1. The lowest BCUT2D eigenvalue weighted by atomic mass is 10.2. The van der Waals surface area contributed by atoms with Gasteiger partial charge in [-0.15, -0.1) is 0 Å². The maximum absolute atomic E-state index is 5.91. The molecule has 0 saturated carbocycles. The quantitative estimate of drug-likeness (QED) is 0.893. The summed E-state index contributed by atoms with van der Waals surface area (Å²) in [7, 11) is 0. The second-order valence-corrected chi connectivity index (χ2v) is 4.42. The highest BCUT2D eigenvalue weighted by atomic mass is 15.2. The summed E-state index contributed by atoms with van der Waals surface area (Å²) < 4.78 is 0. The zero-order valence-electron chi connectivity index (χ0n) is 11.5. The molecule has 0 bridgehead atoms. The third-order valence-corrected chi connectivity index (χ3v) is 2.96. The molecular weight excluding hydrogens is 236 g/mol. The van der Waals surface area contributed by atoms with Gasteiger partial charge in [0.05, 0.1) is 0 Å². The molecule has 0 aliphatic heterocycles. The first kappa shape index (κ1) is 13.3. The van der Waals surface area contributed by atoms with Crippen molar-refractivity contribution in [3.8, 4) is 11.4 Å². The first-order valence-electron chi connectivity index (χ1n) is 6.69. The number of benzene rings is 1. The molecule has 4 nitrogen and oxygen atoms in total. The average molecular weight is 256 g/mol. The summed E-state index contributed by atoms with van der Waals surface area (Å²) in [5.74, 6) is 2.10. The van der Waals surface area contributed by atoms with E-state index in [4.69, 9.17) is 5.73 Å². The predicted molar refractivity (Wildman–Crippen MR) is 80.1 cm³/mol. The van der Waals surface area contributed by atoms with Crippen LogP contribution in [0.4, 0.5) is 11.6 Å². The lowest BCUT2D eigenvalue weighted by Crippen LogP contribution is -2.25. The van der Waals surface area contributed by atoms with E-state index in [1.54, 1.807) is 0 Å². The van der Waals surface area contributed by atoms with Crippen LogP contribution >= 0.6 is 0 Å². The summed E-state index contributed by atoms with van der Waals surface area (Å²) in [5, 5.41) is 0. The van der Waals surface area contributed by atoms with E-state index in [9.17, 15) is 0 Å². The van der Waals surface area contributed by atoms with E-state index in [0.29, 0.717) is 11.6 Å². The summed E-state index contributed by atoms with van der Waals surface area (Å²) in [6.07, 6.45) is 1.08. The Hall–Kier alpha value is -2.10. The van der Waals surface area contributed by atoms with Gasteiger partial charge in [-0.2, -0.15) is 0 Å². The second-order valence-electron chi connectivity index (χ2n) is 4.42. The van der Waals surface area contributed by atoms with Crippen molar-refractivity contribution in [3.05, 3.63) is 36.4 Å². The number of aromatic nitrogens is 2. The highest BCUT2D eigenvalue weighted by molar-refractivity contribution is 5.60. The first-order valence-corrected chi connectivity index (χ1v) is 6.69. The fraction of sp³-hybridized carbons (Fsp3) is 0.333. The number of hydrogen-bond acceptors (Lipinski definition) is 4. The normalized spacial score (nSPS) is 10.4. The minimum atomic E-state index is 0.512. The van der Waals surface area contributed by atoms with E-state index >= 15 is 0 Å². The standard InChI is InChI=1S/C15H20N4/c1-3-10-19(4-2)14-11-13(16)17-15(18-14)12-8-6-5-7-9-12/h5-9,11H,3-4,10H2,1-2H3,(H2,16,17,18). The van der Waals surface area contributed by atoms with Crippen LogP contribution in [0.3, 0.4) is 0 Å². The molecule has 0 spiro atoms. The van der Waals surface area contributed by atoms with E-state index in [2.05, 4.69) is 28.7 Å². The lowest BCUT2D eigenvalue weighted by Gasteiger charge is -2.21. The van der Waals surface area contributed by atoms with Gasteiger partial charge in [0.25, 0.3) is 0 Å². The Bertz CT molecular complexity index is 525. The van der Waals surface area contributed by atoms with E-state index in [1.165, 1.54) is 0 Å². The van der Waals surface area contributed by atoms with E-state index in [-0.39, 0.29) is 0 Å². The third kappa shape index (κ3) is 3.22. The molecule has 0 aliphatic rings. The Kier molecular flexibility index (Phi) is 4.34. The molecule has 0 unspecified atom stereocenters. The van der Waals surface area contributed by atoms with E-state index < -0.39 is 0 Å². The Morgan fingerprint density at radius 3 is 2.47 bits per heavy atom. The van der Waals surface area contributed by atoms with Crippen LogP contribution < -0.4 is 10.6 Å². The van der Waals surface area contributed by atoms with Gasteiger partial charge in [0.1, 0.15) is 11.6 Å². The van der Waals surface area contributed by atoms with Crippen LogP contribution in [0.25, 0.3) is 11.4 Å². The largest absolute Gasteiger partial charge is 0.384 e. The van der Waals surface area contributed by atoms with Gasteiger partial charge in [-0.1, -0.05) is 37.3 Å². The molecule has 0 aliphatic carbocycles. The molecule has 0 radical (unpaired) electrons. The highest BCUT2D eigenvalue weighted by Crippen LogP contribution is 2.21. The Labute approximate surface area is 114 Å². The van der Waals surface area contributed by atoms with Crippen LogP contribution in [0.5, 0.6) is 0 Å². The van der Waals surface area contributed by atoms with Crippen molar-refractivity contribution in [3.63, 3.8) is 0 Å². The molecule has 1 aromatic heterocycles. The molecule has 2 aromatic rings. The number of nitrogen functional groups attached to an aromatic ring is 1.